The van der Waals surface area contributed by atoms with Crippen molar-refractivity contribution >= 4 is 28.9 Å². The summed E-state index contributed by atoms with van der Waals surface area (Å²) >= 11 is 0. The maximum atomic E-state index is 13.3. The largest absolute Gasteiger partial charge is 0.333 e. The molecule has 2 heterocycles. The maximum absolute atomic E-state index is 13.3. The molecule has 2 atom stereocenters. The molecule has 3 aromatic rings. The van der Waals surface area contributed by atoms with Gasteiger partial charge in [-0.05, 0) is 36.8 Å². The van der Waals surface area contributed by atoms with Crippen LogP contribution in [0.2, 0.25) is 0 Å². The quantitative estimate of drug-likeness (QED) is 0.719. The van der Waals surface area contributed by atoms with Crippen molar-refractivity contribution in [3.63, 3.8) is 0 Å². The third kappa shape index (κ3) is 2.86. The molecule has 1 N–H and O–H groups in total. The number of para-hydroxylation sites is 3. The van der Waals surface area contributed by atoms with Crippen LogP contribution in [0.25, 0.3) is 0 Å². The fourth-order valence-corrected chi connectivity index (χ4v) is 4.35. The zero-order chi connectivity index (χ0) is 20.0. The van der Waals surface area contributed by atoms with Crippen LogP contribution in [0.4, 0.5) is 17.1 Å². The maximum Gasteiger partial charge on any atom is 0.247 e. The first kappa shape index (κ1) is 17.5. The molecule has 2 aliphatic heterocycles. The molecule has 5 rings (SSSR count). The lowest BCUT2D eigenvalue weighted by Gasteiger charge is -2.51. The van der Waals surface area contributed by atoms with Crippen LogP contribution in [0.1, 0.15) is 23.7 Å². The van der Waals surface area contributed by atoms with Gasteiger partial charge in [0.2, 0.25) is 11.8 Å². The number of carbonyl (C=O) groups excluding carboxylic acids is 2. The van der Waals surface area contributed by atoms with E-state index in [-0.39, 0.29) is 18.2 Å². The topological polar surface area (TPSA) is 52.7 Å². The molecule has 0 bridgehead atoms. The Bertz CT molecular complexity index is 1100. The fourth-order valence-electron chi connectivity index (χ4n) is 4.35. The molecule has 2 unspecified atom stereocenters. The zero-order valence-corrected chi connectivity index (χ0v) is 16.1. The minimum Gasteiger partial charge on any atom is -0.333 e. The van der Waals surface area contributed by atoms with Gasteiger partial charge < -0.3 is 10.2 Å². The first-order valence-corrected chi connectivity index (χ1v) is 9.75. The van der Waals surface area contributed by atoms with E-state index in [0.717, 1.165) is 28.2 Å². The van der Waals surface area contributed by atoms with Gasteiger partial charge in [0.1, 0.15) is 12.2 Å². The van der Waals surface area contributed by atoms with Crippen molar-refractivity contribution < 1.29 is 9.59 Å². The lowest BCUT2D eigenvalue weighted by atomic mass is 9.95. The third-order valence-corrected chi connectivity index (χ3v) is 5.60. The number of aryl methyl sites for hydroxylation is 1. The Morgan fingerprint density at radius 2 is 1.66 bits per heavy atom. The van der Waals surface area contributed by atoms with Crippen LogP contribution in [0.3, 0.4) is 0 Å². The molecular formula is C24H21N3O2. The Balaban J connectivity index is 1.74. The Labute approximate surface area is 169 Å². The van der Waals surface area contributed by atoms with Gasteiger partial charge in [-0.25, -0.2) is 0 Å². The molecule has 1 fully saturated rings. The monoisotopic (exact) mass is 383 g/mol. The van der Waals surface area contributed by atoms with Crippen LogP contribution in [-0.2, 0) is 9.59 Å². The van der Waals surface area contributed by atoms with Crippen molar-refractivity contribution in [2.45, 2.75) is 25.6 Å². The Hall–Kier alpha value is -3.60. The Kier molecular flexibility index (Phi) is 4.09. The summed E-state index contributed by atoms with van der Waals surface area (Å²) in [6.07, 6.45) is -0.270. The molecule has 3 aromatic carbocycles. The number of hydrogen-bond acceptors (Lipinski definition) is 3. The number of fused-ring (bicyclic) bond motifs is 3. The van der Waals surface area contributed by atoms with E-state index in [1.54, 1.807) is 0 Å². The first-order chi connectivity index (χ1) is 14.1. The van der Waals surface area contributed by atoms with E-state index in [4.69, 9.17) is 0 Å². The van der Waals surface area contributed by atoms with Gasteiger partial charge in [-0.1, -0.05) is 60.2 Å². The molecule has 1 saturated heterocycles. The summed E-state index contributed by atoms with van der Waals surface area (Å²) in [6, 6.07) is 25.1. The lowest BCUT2D eigenvalue weighted by Crippen LogP contribution is -2.61. The molecule has 5 nitrogen and oxygen atoms in total. The van der Waals surface area contributed by atoms with Crippen molar-refractivity contribution in [3.05, 3.63) is 90.0 Å². The van der Waals surface area contributed by atoms with Crippen molar-refractivity contribution in [1.82, 2.24) is 0 Å². The van der Waals surface area contributed by atoms with E-state index >= 15 is 0 Å². The number of hydrogen-bond donors (Lipinski definition) is 1. The average molecular weight is 383 g/mol. The average Bonchev–Trinajstić information content (AvgIpc) is 2.74. The SMILES string of the molecule is Cc1cccc(C2N(c3ccccc3)C(=O)CC3C(=O)Nc4ccccc4N32)c1. The number of amides is 2. The molecule has 0 aromatic heterocycles. The first-order valence-electron chi connectivity index (χ1n) is 9.75. The van der Waals surface area contributed by atoms with Crippen LogP contribution in [0.15, 0.2) is 78.9 Å². The molecule has 2 aliphatic rings. The molecule has 0 radical (unpaired) electrons. The highest BCUT2D eigenvalue weighted by Gasteiger charge is 2.47. The van der Waals surface area contributed by atoms with E-state index in [1.807, 2.05) is 84.6 Å². The van der Waals surface area contributed by atoms with Gasteiger partial charge in [0, 0.05) is 5.69 Å². The van der Waals surface area contributed by atoms with Crippen molar-refractivity contribution in [1.29, 1.82) is 0 Å². The van der Waals surface area contributed by atoms with Gasteiger partial charge >= 0.3 is 0 Å². The predicted molar refractivity (Wildman–Crippen MR) is 114 cm³/mol. The van der Waals surface area contributed by atoms with E-state index in [9.17, 15) is 9.59 Å². The minimum absolute atomic E-state index is 0.0570. The normalized spacial score (nSPS) is 20.7. The molecule has 0 spiro atoms. The van der Waals surface area contributed by atoms with Crippen LogP contribution >= 0.6 is 0 Å². The fraction of sp³-hybridized carbons (Fsp3) is 0.167. The van der Waals surface area contributed by atoms with Crippen molar-refractivity contribution in [2.24, 2.45) is 0 Å². The zero-order valence-electron chi connectivity index (χ0n) is 16.1. The Morgan fingerprint density at radius 3 is 2.45 bits per heavy atom. The number of benzene rings is 3. The van der Waals surface area contributed by atoms with E-state index in [1.165, 1.54) is 0 Å². The number of nitrogens with zero attached hydrogens (tertiary/aromatic N) is 2. The van der Waals surface area contributed by atoms with E-state index < -0.39 is 12.2 Å². The van der Waals surface area contributed by atoms with Crippen molar-refractivity contribution in [3.8, 4) is 0 Å². The van der Waals surface area contributed by atoms with E-state index in [0.29, 0.717) is 0 Å². The van der Waals surface area contributed by atoms with Gasteiger partial charge in [0.05, 0.1) is 17.8 Å². The van der Waals surface area contributed by atoms with Crippen LogP contribution in [0, 0.1) is 6.92 Å². The number of carbonyl (C=O) groups is 2. The van der Waals surface area contributed by atoms with Crippen LogP contribution in [-0.4, -0.2) is 17.9 Å². The summed E-state index contributed by atoms with van der Waals surface area (Å²) < 4.78 is 0. The van der Waals surface area contributed by atoms with Gasteiger partial charge in [-0.3, -0.25) is 14.5 Å². The third-order valence-electron chi connectivity index (χ3n) is 5.60. The second kappa shape index (κ2) is 6.78. The molecule has 2 amide bonds. The second-order valence-corrected chi connectivity index (χ2v) is 7.52. The molecular weight excluding hydrogens is 362 g/mol. The standard InChI is InChI=1S/C24H21N3O2/c1-16-8-7-9-17(14-16)24-26(18-10-3-2-4-11-18)22(28)15-21-23(29)25-19-12-5-6-13-20(19)27(21)24/h2-14,21,24H,15H2,1H3,(H,25,29). The van der Waals surface area contributed by atoms with Gasteiger partial charge in [0.25, 0.3) is 0 Å². The Morgan fingerprint density at radius 1 is 0.897 bits per heavy atom. The minimum atomic E-state index is -0.539. The lowest BCUT2D eigenvalue weighted by molar-refractivity contribution is -0.126. The molecule has 29 heavy (non-hydrogen) atoms. The highest BCUT2D eigenvalue weighted by atomic mass is 16.2. The number of anilines is 3. The van der Waals surface area contributed by atoms with Crippen LogP contribution in [0.5, 0.6) is 0 Å². The second-order valence-electron chi connectivity index (χ2n) is 7.52. The predicted octanol–water partition coefficient (Wildman–Crippen LogP) is 4.26. The van der Waals surface area contributed by atoms with Crippen LogP contribution < -0.4 is 15.1 Å². The van der Waals surface area contributed by atoms with Gasteiger partial charge in [-0.2, -0.15) is 0 Å². The highest BCUT2D eigenvalue weighted by molar-refractivity contribution is 6.09. The number of nitrogens with one attached hydrogen (secondary N) is 1. The number of rotatable bonds is 2. The summed E-state index contributed by atoms with van der Waals surface area (Å²) in [5, 5.41) is 2.97. The summed E-state index contributed by atoms with van der Waals surface area (Å²) in [5.74, 6) is -0.194. The molecule has 5 heteroatoms. The summed E-state index contributed by atoms with van der Waals surface area (Å²) in [4.78, 5) is 30.1. The highest BCUT2D eigenvalue weighted by Crippen LogP contribution is 2.45. The van der Waals surface area contributed by atoms with Gasteiger partial charge in [-0.15, -0.1) is 0 Å². The van der Waals surface area contributed by atoms with Gasteiger partial charge in [0.15, 0.2) is 0 Å². The smallest absolute Gasteiger partial charge is 0.247 e. The molecule has 0 aliphatic carbocycles. The van der Waals surface area contributed by atoms with E-state index in [2.05, 4.69) is 16.3 Å². The molecule has 144 valence electrons. The molecule has 0 saturated carbocycles. The van der Waals surface area contributed by atoms with Crippen molar-refractivity contribution in [2.75, 3.05) is 15.1 Å². The summed E-state index contributed by atoms with van der Waals surface area (Å²) in [7, 11) is 0. The summed E-state index contributed by atoms with van der Waals surface area (Å²) in [5.41, 5.74) is 4.62. The summed E-state index contributed by atoms with van der Waals surface area (Å²) in [6.45, 7) is 2.04.